The number of rotatable bonds is 9. The lowest BCUT2D eigenvalue weighted by atomic mass is 9.93. The number of aliphatic carboxylic acids is 1. The highest BCUT2D eigenvalue weighted by molar-refractivity contribution is 5.99. The first-order chi connectivity index (χ1) is 27.1. The fourth-order valence-electron chi connectivity index (χ4n) is 5.71. The average molecular weight is 822 g/mol. The van der Waals surface area contributed by atoms with Gasteiger partial charge in [-0.2, -0.15) is 0 Å². The Balaban J connectivity index is 2.52. The number of aromatic nitrogens is 3. The topological polar surface area (TPSA) is 366 Å². The van der Waals surface area contributed by atoms with E-state index in [1.54, 1.807) is 27.7 Å². The molecule has 1 aromatic heterocycles. The monoisotopic (exact) mass is 821 g/mol. The molecule has 12 N–H and O–H groups in total. The molecule has 7 atom stereocenters. The van der Waals surface area contributed by atoms with Crippen molar-refractivity contribution in [2.45, 2.75) is 122 Å². The van der Waals surface area contributed by atoms with E-state index >= 15 is 0 Å². The van der Waals surface area contributed by atoms with Crippen molar-refractivity contribution in [3.05, 3.63) is 11.9 Å². The average Bonchev–Trinajstić information content (AvgIpc) is 3.58. The van der Waals surface area contributed by atoms with Crippen LogP contribution in [0.2, 0.25) is 0 Å². The first-order valence-electron chi connectivity index (χ1n) is 18.8. The number of hydrogen-bond acceptors (Lipinski definition) is 13. The summed E-state index contributed by atoms with van der Waals surface area (Å²) in [5.41, 5.74) is 11.1. The van der Waals surface area contributed by atoms with Crippen molar-refractivity contribution in [1.29, 1.82) is 0 Å². The van der Waals surface area contributed by atoms with Crippen LogP contribution in [-0.4, -0.2) is 127 Å². The van der Waals surface area contributed by atoms with Crippen LogP contribution >= 0.6 is 0 Å². The van der Waals surface area contributed by atoms with E-state index in [-0.39, 0.29) is 31.5 Å². The highest BCUT2D eigenvalue weighted by atomic mass is 16.4. The van der Waals surface area contributed by atoms with Gasteiger partial charge in [-0.1, -0.05) is 32.9 Å². The van der Waals surface area contributed by atoms with Crippen LogP contribution in [0.5, 0.6) is 0 Å². The molecule has 58 heavy (non-hydrogen) atoms. The summed E-state index contributed by atoms with van der Waals surface area (Å²) in [6.07, 6.45) is -0.442. The number of amides is 8. The minimum Gasteiger partial charge on any atom is -0.481 e. The highest BCUT2D eigenvalue weighted by Gasteiger charge is 2.35. The number of aryl methyl sites for hydroxylation is 1. The summed E-state index contributed by atoms with van der Waals surface area (Å²) < 4.78 is 1.42. The Morgan fingerprint density at radius 3 is 2.05 bits per heavy atom. The molecule has 0 aromatic carbocycles. The van der Waals surface area contributed by atoms with Gasteiger partial charge in [0.1, 0.15) is 30.2 Å². The Kier molecular flexibility index (Phi) is 18.8. The minimum absolute atomic E-state index is 0.0144. The van der Waals surface area contributed by atoms with E-state index in [0.717, 1.165) is 0 Å². The lowest BCUT2D eigenvalue weighted by Crippen LogP contribution is -2.60. The molecule has 0 saturated heterocycles. The van der Waals surface area contributed by atoms with Crippen LogP contribution in [0.3, 0.4) is 0 Å². The number of carbonyl (C=O) groups excluding carboxylic acids is 9. The number of fused-ring (bicyclic) bond motifs is 2. The highest BCUT2D eigenvalue weighted by Crippen LogP contribution is 2.14. The van der Waals surface area contributed by atoms with Crippen molar-refractivity contribution >= 4 is 59.0 Å². The number of aliphatic hydroxyl groups excluding tert-OH is 1. The molecule has 0 radical (unpaired) electrons. The fourth-order valence-corrected chi connectivity index (χ4v) is 5.71. The molecule has 2 bridgehead atoms. The Morgan fingerprint density at radius 1 is 0.845 bits per heavy atom. The van der Waals surface area contributed by atoms with Crippen molar-refractivity contribution in [2.24, 2.45) is 29.2 Å². The molecule has 0 fully saturated rings. The maximum absolute atomic E-state index is 13.5. The number of nitrogens with one attached hydrogen (secondary N) is 6. The number of ketones is 1. The summed E-state index contributed by atoms with van der Waals surface area (Å²) in [6.45, 7) is 6.92. The zero-order valence-electron chi connectivity index (χ0n) is 33.1. The van der Waals surface area contributed by atoms with Crippen LogP contribution < -0.4 is 43.4 Å². The predicted octanol–water partition coefficient (Wildman–Crippen LogP) is -4.35. The Bertz CT molecular complexity index is 1700. The zero-order chi connectivity index (χ0) is 43.9. The molecule has 0 spiro atoms. The molecule has 8 amide bonds. The molecule has 2 rings (SSSR count). The van der Waals surface area contributed by atoms with Crippen molar-refractivity contribution in [3.63, 3.8) is 0 Å². The molecule has 1 aliphatic rings. The molecular weight excluding hydrogens is 766 g/mol. The predicted molar refractivity (Wildman–Crippen MR) is 200 cm³/mol. The number of carbonyl (C=O) groups is 10. The molecule has 23 heteroatoms. The Morgan fingerprint density at radius 2 is 1.48 bits per heavy atom. The Labute approximate surface area is 333 Å². The quantitative estimate of drug-likeness (QED) is 0.113. The van der Waals surface area contributed by atoms with E-state index < -0.39 is 139 Å². The second kappa shape index (κ2) is 22.7. The van der Waals surface area contributed by atoms with Crippen molar-refractivity contribution in [1.82, 2.24) is 46.9 Å². The molecule has 0 saturated carbocycles. The van der Waals surface area contributed by atoms with Crippen molar-refractivity contribution < 1.29 is 58.2 Å². The number of carboxylic acids is 1. The number of carboxylic acid groups (broad SMARTS) is 1. The summed E-state index contributed by atoms with van der Waals surface area (Å²) in [5, 5.41) is 42.1. The first kappa shape index (κ1) is 48.1. The maximum Gasteiger partial charge on any atom is 0.305 e. The van der Waals surface area contributed by atoms with E-state index in [2.05, 4.69) is 42.2 Å². The fraction of sp³-hybridized carbons (Fsp3) is 0.657. The van der Waals surface area contributed by atoms with E-state index in [1.807, 2.05) is 0 Å². The lowest BCUT2D eigenvalue weighted by molar-refractivity contribution is -0.142. The standard InChI is InChI=1S/C35H55N11O12/c1-16(2)28-35(58)38-18(5)25(48)10-19(11-26(36)49)31(54)41-23(13-27(50)51)33(56)39-21(29(37)52)8-6-7-9-46-14-20(44-45-46)12-22(40-30(53)17(3)4)32(55)42-24(15-47)34(57)43-28/h14,16-19,21-24,28,47H,6-13,15H2,1-5H3,(H2,36,49)(H2,37,52)(H,38,58)(H,39,56)(H,40,53)(H,41,54)(H,42,55)(H,43,57)(H,50,51)/t18-,19-,21+,22-,23-,24-,28-/m1/s1. The van der Waals surface area contributed by atoms with Crippen LogP contribution in [-0.2, 0) is 60.9 Å². The van der Waals surface area contributed by atoms with Crippen LogP contribution in [0.25, 0.3) is 0 Å². The smallest absolute Gasteiger partial charge is 0.305 e. The van der Waals surface area contributed by atoms with Crippen LogP contribution in [0.1, 0.15) is 78.8 Å². The molecule has 0 unspecified atom stereocenters. The largest absolute Gasteiger partial charge is 0.481 e. The molecule has 0 aliphatic carbocycles. The number of nitrogens with two attached hydrogens (primary N) is 2. The van der Waals surface area contributed by atoms with Gasteiger partial charge in [0.15, 0.2) is 5.78 Å². The van der Waals surface area contributed by atoms with Gasteiger partial charge in [-0.05, 0) is 32.1 Å². The summed E-state index contributed by atoms with van der Waals surface area (Å²) in [7, 11) is 0. The van der Waals surface area contributed by atoms with Gasteiger partial charge in [0.2, 0.25) is 47.3 Å². The van der Waals surface area contributed by atoms with Gasteiger partial charge in [0, 0.05) is 37.9 Å². The molecule has 1 aliphatic heterocycles. The van der Waals surface area contributed by atoms with Gasteiger partial charge >= 0.3 is 5.97 Å². The number of primary amides is 2. The third-order valence-corrected chi connectivity index (χ3v) is 9.13. The maximum atomic E-state index is 13.5. The van der Waals surface area contributed by atoms with E-state index in [0.29, 0.717) is 6.42 Å². The van der Waals surface area contributed by atoms with Gasteiger partial charge in [-0.15, -0.1) is 5.10 Å². The third kappa shape index (κ3) is 15.5. The summed E-state index contributed by atoms with van der Waals surface area (Å²) in [4.78, 5) is 129. The van der Waals surface area contributed by atoms with Gasteiger partial charge in [-0.25, -0.2) is 0 Å². The number of hydrogen-bond donors (Lipinski definition) is 10. The van der Waals surface area contributed by atoms with Crippen molar-refractivity contribution in [2.75, 3.05) is 6.61 Å². The Hall–Kier alpha value is -6.00. The van der Waals surface area contributed by atoms with E-state index in [1.165, 1.54) is 17.8 Å². The third-order valence-electron chi connectivity index (χ3n) is 9.13. The molecule has 1 aromatic rings. The first-order valence-corrected chi connectivity index (χ1v) is 18.8. The summed E-state index contributed by atoms with van der Waals surface area (Å²) in [6, 6.07) is -8.62. The molecule has 322 valence electrons. The zero-order valence-corrected chi connectivity index (χ0v) is 33.1. The molecule has 23 nitrogen and oxygen atoms in total. The normalized spacial score (nSPS) is 25.3. The van der Waals surface area contributed by atoms with Gasteiger partial charge < -0.3 is 53.6 Å². The van der Waals surface area contributed by atoms with Gasteiger partial charge in [0.25, 0.3) is 0 Å². The van der Waals surface area contributed by atoms with Crippen LogP contribution in [0, 0.1) is 17.8 Å². The SMILES string of the molecule is CC(C)C(=O)N[C@@H]1Cc2cn(nn2)CCCC[C@@H](C(N)=O)NC(=O)[C@@H](CC(=O)O)NC(=O)[C@@H](CC(N)=O)CC(=O)[C@@H](C)NC(=O)[C@@H](C(C)C)NC(=O)[C@@H](CO)NC1=O. The number of Topliss-reactive ketones (excluding diaryl/α,β-unsaturated/α-hetero) is 1. The summed E-state index contributed by atoms with van der Waals surface area (Å²) in [5.74, 6) is -12.3. The second-order valence-electron chi connectivity index (χ2n) is 14.8. The van der Waals surface area contributed by atoms with E-state index in [4.69, 9.17) is 11.5 Å². The van der Waals surface area contributed by atoms with Crippen molar-refractivity contribution in [3.8, 4) is 0 Å². The molecule has 2 heterocycles. The number of nitrogens with zero attached hydrogens (tertiary/aromatic N) is 3. The summed E-state index contributed by atoms with van der Waals surface area (Å²) >= 11 is 0. The lowest BCUT2D eigenvalue weighted by Gasteiger charge is -2.27. The second-order valence-corrected chi connectivity index (χ2v) is 14.8. The molecular formula is C35H55N11O12. The van der Waals surface area contributed by atoms with Gasteiger partial charge in [-0.3, -0.25) is 52.6 Å². The van der Waals surface area contributed by atoms with Crippen LogP contribution in [0.15, 0.2) is 6.20 Å². The van der Waals surface area contributed by atoms with E-state index in [9.17, 15) is 58.2 Å². The number of aliphatic hydroxyl groups is 1. The van der Waals surface area contributed by atoms with Gasteiger partial charge in [0.05, 0.1) is 30.7 Å². The van der Waals surface area contributed by atoms with Crippen LogP contribution in [0.4, 0.5) is 0 Å². The minimum atomic E-state index is -1.78.